The molecular formula is C27H34F2N8O2S. The van der Waals surface area contributed by atoms with Crippen LogP contribution in [0.2, 0.25) is 0 Å². The molecule has 1 saturated carbocycles. The molecule has 3 fully saturated rings. The van der Waals surface area contributed by atoms with Gasteiger partial charge in [0.2, 0.25) is 16.0 Å². The van der Waals surface area contributed by atoms with Crippen LogP contribution in [0.3, 0.4) is 0 Å². The van der Waals surface area contributed by atoms with Gasteiger partial charge >= 0.3 is 0 Å². The molecule has 13 heteroatoms. The molecule has 214 valence electrons. The Balaban J connectivity index is 1.31. The van der Waals surface area contributed by atoms with Crippen LogP contribution in [-0.2, 0) is 10.0 Å². The molecule has 0 atom stereocenters. The van der Waals surface area contributed by atoms with Gasteiger partial charge in [-0.15, -0.1) is 5.10 Å². The summed E-state index contributed by atoms with van der Waals surface area (Å²) in [6, 6.07) is 7.26. The van der Waals surface area contributed by atoms with Gasteiger partial charge in [-0.3, -0.25) is 4.72 Å². The van der Waals surface area contributed by atoms with Crippen LogP contribution in [0.5, 0.6) is 0 Å². The van der Waals surface area contributed by atoms with Gasteiger partial charge in [0.05, 0.1) is 34.7 Å². The van der Waals surface area contributed by atoms with Crippen LogP contribution in [0, 0.1) is 12.3 Å². The minimum atomic E-state index is -3.43. The first-order valence-electron chi connectivity index (χ1n) is 13.8. The lowest BCUT2D eigenvalue weighted by atomic mass is 9.93. The molecule has 1 N–H and O–H groups in total. The predicted molar refractivity (Wildman–Crippen MR) is 150 cm³/mol. The highest BCUT2D eigenvalue weighted by Gasteiger charge is 2.44. The fourth-order valence-corrected chi connectivity index (χ4v) is 6.17. The molecule has 4 heterocycles. The van der Waals surface area contributed by atoms with Gasteiger partial charge in [0.1, 0.15) is 5.69 Å². The lowest BCUT2D eigenvalue weighted by Crippen LogP contribution is -2.40. The van der Waals surface area contributed by atoms with Gasteiger partial charge in [0.15, 0.2) is 0 Å². The van der Waals surface area contributed by atoms with Crippen molar-refractivity contribution in [2.45, 2.75) is 58.3 Å². The average Bonchev–Trinajstić information content (AvgIpc) is 3.48. The standard InChI is InChI=1S/C27H34F2N8O2S/c1-3-40(38,39)33-20-4-5-23(24(17-20)35-12-8-26(6-7-26)9-13-35)37-18-22(32-34-37)21-16-19(2)30-25(31-21)36-14-10-27(28,29)11-15-36/h4-5,16-18,33H,3,6-15H2,1-2H3. The topological polar surface area (TPSA) is 109 Å². The molecule has 6 rings (SSSR count). The van der Waals surface area contributed by atoms with Gasteiger partial charge in [-0.25, -0.2) is 31.8 Å². The van der Waals surface area contributed by atoms with E-state index in [1.807, 2.05) is 19.1 Å². The van der Waals surface area contributed by atoms with Gasteiger partial charge in [-0.2, -0.15) is 0 Å². The zero-order valence-corrected chi connectivity index (χ0v) is 23.6. The monoisotopic (exact) mass is 572 g/mol. The molecule has 1 aliphatic carbocycles. The SMILES string of the molecule is CCS(=O)(=O)Nc1ccc(-n2cc(-c3cc(C)nc(N4CCC(F)(F)CC4)n3)nn2)c(N2CCC3(CC2)CC3)c1. The number of piperidine rings is 2. The van der Waals surface area contributed by atoms with Gasteiger partial charge in [-0.1, -0.05) is 5.21 Å². The zero-order valence-electron chi connectivity index (χ0n) is 22.8. The van der Waals surface area contributed by atoms with Crippen molar-refractivity contribution < 1.29 is 17.2 Å². The van der Waals surface area contributed by atoms with E-state index in [1.54, 1.807) is 34.8 Å². The normalized spacial score (nSPS) is 20.1. The Kier molecular flexibility index (Phi) is 6.67. The second kappa shape index (κ2) is 9.93. The minimum absolute atomic E-state index is 0.0110. The van der Waals surface area contributed by atoms with E-state index in [-0.39, 0.29) is 31.7 Å². The molecule has 10 nitrogen and oxygen atoms in total. The molecule has 2 saturated heterocycles. The van der Waals surface area contributed by atoms with Crippen molar-refractivity contribution in [1.29, 1.82) is 0 Å². The third-order valence-corrected chi connectivity index (χ3v) is 9.68. The molecule has 3 aliphatic rings. The lowest BCUT2D eigenvalue weighted by molar-refractivity contribution is -0.0222. The number of benzene rings is 1. The Bertz CT molecular complexity index is 1500. The number of rotatable bonds is 7. The first kappa shape index (κ1) is 26.9. The number of aryl methyl sites for hydroxylation is 1. The molecule has 1 spiro atoms. The number of hydrogen-bond acceptors (Lipinski definition) is 8. The number of hydrogen-bond donors (Lipinski definition) is 1. The van der Waals surface area contributed by atoms with Crippen LogP contribution in [0.4, 0.5) is 26.1 Å². The van der Waals surface area contributed by atoms with Crippen LogP contribution in [-0.4, -0.2) is 71.2 Å². The van der Waals surface area contributed by atoms with Gasteiger partial charge in [-0.05, 0) is 69.2 Å². The van der Waals surface area contributed by atoms with E-state index in [4.69, 9.17) is 0 Å². The maximum absolute atomic E-state index is 13.7. The maximum Gasteiger partial charge on any atom is 0.251 e. The molecule has 2 aliphatic heterocycles. The van der Waals surface area contributed by atoms with Crippen molar-refractivity contribution >= 4 is 27.3 Å². The molecule has 0 bridgehead atoms. The number of anilines is 3. The molecular weight excluding hydrogens is 538 g/mol. The van der Waals surface area contributed by atoms with E-state index in [0.717, 1.165) is 37.3 Å². The van der Waals surface area contributed by atoms with E-state index >= 15 is 0 Å². The quantitative estimate of drug-likeness (QED) is 0.444. The first-order valence-corrected chi connectivity index (χ1v) is 15.5. The summed E-state index contributed by atoms with van der Waals surface area (Å²) in [6.45, 7) is 5.61. The largest absolute Gasteiger partial charge is 0.370 e. The second-order valence-corrected chi connectivity index (χ2v) is 13.3. The highest BCUT2D eigenvalue weighted by atomic mass is 32.2. The van der Waals surface area contributed by atoms with Crippen molar-refractivity contribution in [3.05, 3.63) is 36.2 Å². The smallest absolute Gasteiger partial charge is 0.251 e. The van der Waals surface area contributed by atoms with Gasteiger partial charge < -0.3 is 9.80 Å². The van der Waals surface area contributed by atoms with Crippen LogP contribution < -0.4 is 14.5 Å². The maximum atomic E-state index is 13.7. The van der Waals surface area contributed by atoms with E-state index in [0.29, 0.717) is 34.1 Å². The van der Waals surface area contributed by atoms with Crippen LogP contribution in [0.15, 0.2) is 30.5 Å². The molecule has 3 aromatic rings. The third-order valence-electron chi connectivity index (χ3n) is 8.37. The summed E-state index contributed by atoms with van der Waals surface area (Å²) in [5.41, 5.74) is 4.48. The molecule has 0 radical (unpaired) electrons. The molecule has 1 aromatic carbocycles. The number of alkyl halides is 2. The fourth-order valence-electron chi connectivity index (χ4n) is 5.54. The Morgan fingerprint density at radius 1 is 0.900 bits per heavy atom. The Hall–Kier alpha value is -3.35. The van der Waals surface area contributed by atoms with Gasteiger partial charge in [0, 0.05) is 44.7 Å². The summed E-state index contributed by atoms with van der Waals surface area (Å²) >= 11 is 0. The Labute approximate surface area is 232 Å². The molecule has 2 aromatic heterocycles. The summed E-state index contributed by atoms with van der Waals surface area (Å²) in [6.07, 6.45) is 6.16. The second-order valence-electron chi connectivity index (χ2n) is 11.3. The van der Waals surface area contributed by atoms with Crippen molar-refractivity contribution in [3.63, 3.8) is 0 Å². The van der Waals surface area contributed by atoms with Crippen molar-refractivity contribution in [1.82, 2.24) is 25.0 Å². The highest BCUT2D eigenvalue weighted by Crippen LogP contribution is 2.54. The fraction of sp³-hybridized carbons (Fsp3) is 0.556. The number of nitrogens with one attached hydrogen (secondary N) is 1. The van der Waals surface area contributed by atoms with E-state index in [2.05, 4.69) is 29.9 Å². The van der Waals surface area contributed by atoms with Crippen LogP contribution >= 0.6 is 0 Å². The van der Waals surface area contributed by atoms with Crippen molar-refractivity contribution in [3.8, 4) is 17.1 Å². The van der Waals surface area contributed by atoms with E-state index in [1.165, 1.54) is 12.8 Å². The zero-order chi connectivity index (χ0) is 28.1. The number of sulfonamides is 1. The minimum Gasteiger partial charge on any atom is -0.370 e. The van der Waals surface area contributed by atoms with E-state index < -0.39 is 15.9 Å². The Morgan fingerprint density at radius 2 is 1.60 bits per heavy atom. The van der Waals surface area contributed by atoms with Crippen molar-refractivity contribution in [2.75, 3.05) is 46.5 Å². The van der Waals surface area contributed by atoms with Gasteiger partial charge in [0.25, 0.3) is 5.92 Å². The summed E-state index contributed by atoms with van der Waals surface area (Å²) in [5, 5.41) is 8.78. The summed E-state index contributed by atoms with van der Waals surface area (Å²) in [4.78, 5) is 13.2. The average molecular weight is 573 g/mol. The van der Waals surface area contributed by atoms with Crippen molar-refractivity contribution in [2.24, 2.45) is 5.41 Å². The summed E-state index contributed by atoms with van der Waals surface area (Å²) in [7, 11) is -3.43. The number of nitrogens with zero attached hydrogens (tertiary/aromatic N) is 7. The highest BCUT2D eigenvalue weighted by molar-refractivity contribution is 7.92. The van der Waals surface area contributed by atoms with Crippen LogP contribution in [0.1, 0.15) is 51.1 Å². The third kappa shape index (κ3) is 5.61. The molecule has 40 heavy (non-hydrogen) atoms. The number of halogens is 2. The van der Waals surface area contributed by atoms with E-state index in [9.17, 15) is 17.2 Å². The molecule has 0 amide bonds. The van der Waals surface area contributed by atoms with Crippen LogP contribution in [0.25, 0.3) is 17.1 Å². The number of aromatic nitrogens is 5. The summed E-state index contributed by atoms with van der Waals surface area (Å²) in [5.74, 6) is -2.25. The Morgan fingerprint density at radius 3 is 2.27 bits per heavy atom. The first-order chi connectivity index (χ1) is 19.0. The predicted octanol–water partition coefficient (Wildman–Crippen LogP) is 4.41. The lowest BCUT2D eigenvalue weighted by Gasteiger charge is -2.35. The summed E-state index contributed by atoms with van der Waals surface area (Å²) < 4.78 is 56.2. The molecule has 0 unspecified atom stereocenters.